The molecule has 0 spiro atoms. The highest BCUT2D eigenvalue weighted by Gasteiger charge is 2.18. The molecule has 4 heteroatoms. The van der Waals surface area contributed by atoms with E-state index in [9.17, 15) is 4.79 Å². The Balaban J connectivity index is 3.20. The van der Waals surface area contributed by atoms with Crippen LogP contribution in [0.4, 0.5) is 0 Å². The number of para-hydroxylation sites is 1. The molecule has 0 saturated carbocycles. The van der Waals surface area contributed by atoms with Crippen LogP contribution < -0.4 is 4.74 Å². The molecule has 14 heavy (non-hydrogen) atoms. The number of halogens is 2. The van der Waals surface area contributed by atoms with Crippen molar-refractivity contribution in [1.29, 1.82) is 0 Å². The summed E-state index contributed by atoms with van der Waals surface area (Å²) in [4.78, 5) is 10.9. The van der Waals surface area contributed by atoms with Crippen LogP contribution in [-0.4, -0.2) is 12.9 Å². The summed E-state index contributed by atoms with van der Waals surface area (Å²) in [5, 5.41) is 0. The van der Waals surface area contributed by atoms with E-state index in [1.807, 2.05) is 18.2 Å². The number of ether oxygens (including phenoxy) is 1. The zero-order valence-electron chi connectivity index (χ0n) is 7.88. The first-order chi connectivity index (χ1) is 6.57. The third kappa shape index (κ3) is 2.36. The van der Waals surface area contributed by atoms with Crippen molar-refractivity contribution in [3.05, 3.63) is 28.2 Å². The largest absolute Gasteiger partial charge is 0.495 e. The molecule has 0 aromatic heterocycles. The van der Waals surface area contributed by atoms with Crippen LogP contribution in [0.1, 0.15) is 17.3 Å². The maximum absolute atomic E-state index is 11.2. The van der Waals surface area contributed by atoms with Gasteiger partial charge in [0.25, 0.3) is 0 Å². The number of carbonyl (C=O) groups excluding carboxylic acids is 1. The van der Waals surface area contributed by atoms with Gasteiger partial charge in [-0.1, -0.05) is 28.1 Å². The average Bonchev–Trinajstić information content (AvgIpc) is 2.16. The van der Waals surface area contributed by atoms with Gasteiger partial charge in [-0.05, 0) is 28.9 Å². The van der Waals surface area contributed by atoms with E-state index in [4.69, 9.17) is 4.74 Å². The highest BCUT2D eigenvalue weighted by Crippen LogP contribution is 2.36. The molecule has 0 radical (unpaired) electrons. The summed E-state index contributed by atoms with van der Waals surface area (Å²) in [5.41, 5.74) is 0.842. The van der Waals surface area contributed by atoms with Gasteiger partial charge in [0, 0.05) is 5.56 Å². The fourth-order valence-corrected chi connectivity index (χ4v) is 2.06. The van der Waals surface area contributed by atoms with Crippen molar-refractivity contribution in [2.45, 2.75) is 11.8 Å². The van der Waals surface area contributed by atoms with Crippen molar-refractivity contribution >= 4 is 37.6 Å². The third-order valence-electron chi connectivity index (χ3n) is 1.83. The molecular weight excluding hydrogens is 312 g/mol. The second kappa shape index (κ2) is 4.94. The summed E-state index contributed by atoms with van der Waals surface area (Å²) in [6.07, 6.45) is 0. The van der Waals surface area contributed by atoms with Crippen LogP contribution in [0.2, 0.25) is 0 Å². The summed E-state index contributed by atoms with van der Waals surface area (Å²) in [6, 6.07) is 5.62. The van der Waals surface area contributed by atoms with Crippen molar-refractivity contribution in [3.8, 4) is 5.75 Å². The highest BCUT2D eigenvalue weighted by atomic mass is 79.9. The van der Waals surface area contributed by atoms with Gasteiger partial charge in [0.1, 0.15) is 16.4 Å². The van der Waals surface area contributed by atoms with Crippen LogP contribution in [0.15, 0.2) is 22.7 Å². The molecule has 1 rings (SSSR count). The maximum atomic E-state index is 11.2. The van der Waals surface area contributed by atoms with Gasteiger partial charge in [0.2, 0.25) is 0 Å². The molecule has 1 unspecified atom stereocenters. The monoisotopic (exact) mass is 320 g/mol. The van der Waals surface area contributed by atoms with E-state index in [1.165, 1.54) is 0 Å². The first-order valence-corrected chi connectivity index (χ1v) is 5.75. The number of Topliss-reactive ketones (excluding diaryl/α,β-unsaturated/α-hetero) is 1. The lowest BCUT2D eigenvalue weighted by Crippen LogP contribution is -2.03. The topological polar surface area (TPSA) is 26.3 Å². The Kier molecular flexibility index (Phi) is 4.13. The molecule has 2 nitrogen and oxygen atoms in total. The summed E-state index contributed by atoms with van der Waals surface area (Å²) in [7, 11) is 1.59. The van der Waals surface area contributed by atoms with Gasteiger partial charge < -0.3 is 4.74 Å². The fraction of sp³-hybridized carbons (Fsp3) is 0.300. The lowest BCUT2D eigenvalue weighted by molar-refractivity contribution is -0.116. The second-order valence-electron chi connectivity index (χ2n) is 2.84. The van der Waals surface area contributed by atoms with Crippen molar-refractivity contribution in [2.24, 2.45) is 0 Å². The molecule has 76 valence electrons. The second-order valence-corrected chi connectivity index (χ2v) is 4.61. The van der Waals surface area contributed by atoms with Gasteiger partial charge in [-0.25, -0.2) is 0 Å². The zero-order valence-corrected chi connectivity index (χ0v) is 11.1. The maximum Gasteiger partial charge on any atom is 0.147 e. The first kappa shape index (κ1) is 11.7. The lowest BCUT2D eigenvalue weighted by atomic mass is 10.1. The Morgan fingerprint density at radius 2 is 2.14 bits per heavy atom. The molecule has 0 aliphatic carbocycles. The van der Waals surface area contributed by atoms with Gasteiger partial charge in [-0.2, -0.15) is 0 Å². The van der Waals surface area contributed by atoms with Crippen LogP contribution in [0.25, 0.3) is 0 Å². The van der Waals surface area contributed by atoms with Crippen LogP contribution in [-0.2, 0) is 4.79 Å². The highest BCUT2D eigenvalue weighted by molar-refractivity contribution is 9.10. The summed E-state index contributed by atoms with van der Waals surface area (Å²) >= 11 is 6.69. The van der Waals surface area contributed by atoms with E-state index in [0.29, 0.717) is 5.75 Å². The standard InChI is InChI=1S/C10H10Br2O2/c1-6(13)9(12)7-4-3-5-8(11)10(7)14-2/h3-5,9H,1-2H3. The minimum Gasteiger partial charge on any atom is -0.495 e. The van der Waals surface area contributed by atoms with Crippen LogP contribution in [0, 0.1) is 0 Å². The Bertz CT molecular complexity index is 350. The van der Waals surface area contributed by atoms with Crippen LogP contribution in [0.5, 0.6) is 5.75 Å². The Labute approximate surface area is 99.9 Å². The number of carbonyl (C=O) groups is 1. The molecular formula is C10H10Br2O2. The van der Waals surface area contributed by atoms with Crippen molar-refractivity contribution in [1.82, 2.24) is 0 Å². The Hall–Kier alpha value is -0.350. The lowest BCUT2D eigenvalue weighted by Gasteiger charge is -2.12. The van der Waals surface area contributed by atoms with Gasteiger partial charge in [-0.15, -0.1) is 0 Å². The molecule has 0 heterocycles. The molecule has 1 atom stereocenters. The molecule has 0 bridgehead atoms. The first-order valence-electron chi connectivity index (χ1n) is 4.05. The van der Waals surface area contributed by atoms with Crippen LogP contribution in [0.3, 0.4) is 0 Å². The minimum atomic E-state index is -0.310. The van der Waals surface area contributed by atoms with E-state index < -0.39 is 0 Å². The quantitative estimate of drug-likeness (QED) is 0.797. The number of benzene rings is 1. The summed E-state index contributed by atoms with van der Waals surface area (Å²) < 4.78 is 6.07. The average molecular weight is 322 g/mol. The zero-order chi connectivity index (χ0) is 10.7. The smallest absolute Gasteiger partial charge is 0.147 e. The number of alkyl halides is 1. The Morgan fingerprint density at radius 3 is 2.64 bits per heavy atom. The van der Waals surface area contributed by atoms with Crippen molar-refractivity contribution in [3.63, 3.8) is 0 Å². The molecule has 1 aromatic carbocycles. The van der Waals surface area contributed by atoms with Gasteiger partial charge >= 0.3 is 0 Å². The van der Waals surface area contributed by atoms with Gasteiger partial charge in [0.05, 0.1) is 11.6 Å². The van der Waals surface area contributed by atoms with E-state index in [2.05, 4.69) is 31.9 Å². The SMILES string of the molecule is COc1c(Br)cccc1C(Br)C(C)=O. The van der Waals surface area contributed by atoms with Crippen molar-refractivity contribution < 1.29 is 9.53 Å². The molecule has 0 aliphatic heterocycles. The molecule has 1 aromatic rings. The molecule has 0 saturated heterocycles. The van der Waals surface area contributed by atoms with Gasteiger partial charge in [0.15, 0.2) is 0 Å². The molecule has 0 aliphatic rings. The fourth-order valence-electron chi connectivity index (χ4n) is 1.16. The van der Waals surface area contributed by atoms with Crippen LogP contribution >= 0.6 is 31.9 Å². The predicted octanol–water partition coefficient (Wildman–Crippen LogP) is 3.48. The van der Waals surface area contributed by atoms with Gasteiger partial charge in [-0.3, -0.25) is 4.79 Å². The predicted molar refractivity (Wildman–Crippen MR) is 63.0 cm³/mol. The number of hydrogen-bond acceptors (Lipinski definition) is 2. The summed E-state index contributed by atoms with van der Waals surface area (Å²) in [6.45, 7) is 1.54. The minimum absolute atomic E-state index is 0.0569. The van der Waals surface area contributed by atoms with E-state index in [0.717, 1.165) is 10.0 Å². The number of hydrogen-bond donors (Lipinski definition) is 0. The molecule has 0 fully saturated rings. The molecule has 0 amide bonds. The van der Waals surface area contributed by atoms with E-state index in [-0.39, 0.29) is 10.6 Å². The molecule has 0 N–H and O–H groups in total. The number of methoxy groups -OCH3 is 1. The van der Waals surface area contributed by atoms with E-state index >= 15 is 0 Å². The Morgan fingerprint density at radius 1 is 1.50 bits per heavy atom. The third-order valence-corrected chi connectivity index (χ3v) is 3.59. The van der Waals surface area contributed by atoms with Crippen molar-refractivity contribution in [2.75, 3.05) is 7.11 Å². The summed E-state index contributed by atoms with van der Waals surface area (Å²) in [5.74, 6) is 0.756. The number of ketones is 1. The van der Waals surface area contributed by atoms with E-state index in [1.54, 1.807) is 14.0 Å². The number of rotatable bonds is 3. The normalized spacial score (nSPS) is 12.3.